The molecule has 2 aliphatic carbocycles. The molecule has 5 rings (SSSR count). The van der Waals surface area contributed by atoms with Crippen LogP contribution in [0.1, 0.15) is 43.5 Å². The van der Waals surface area contributed by atoms with Crippen molar-refractivity contribution in [1.29, 1.82) is 0 Å². The molecule has 0 bridgehead atoms. The summed E-state index contributed by atoms with van der Waals surface area (Å²) < 4.78 is 2.15. The highest BCUT2D eigenvalue weighted by atomic mass is 16.1. The lowest BCUT2D eigenvalue weighted by Crippen LogP contribution is -2.58. The van der Waals surface area contributed by atoms with E-state index in [0.29, 0.717) is 29.6 Å². The maximum Gasteiger partial charge on any atom is 0.136 e. The van der Waals surface area contributed by atoms with Crippen molar-refractivity contribution in [2.75, 3.05) is 6.54 Å². The number of nitrogens with zero attached hydrogens (tertiary/aromatic N) is 3. The second kappa shape index (κ2) is 7.47. The van der Waals surface area contributed by atoms with E-state index in [4.69, 9.17) is 0 Å². The van der Waals surface area contributed by atoms with E-state index in [1.54, 1.807) is 0 Å². The van der Waals surface area contributed by atoms with E-state index in [1.165, 1.54) is 31.2 Å². The van der Waals surface area contributed by atoms with Gasteiger partial charge < -0.3 is 4.57 Å². The van der Waals surface area contributed by atoms with E-state index in [-0.39, 0.29) is 5.92 Å². The highest BCUT2D eigenvalue weighted by Crippen LogP contribution is 2.51. The second-order valence-electron chi connectivity index (χ2n) is 9.18. The van der Waals surface area contributed by atoms with E-state index in [1.807, 2.05) is 12.4 Å². The summed E-state index contributed by atoms with van der Waals surface area (Å²) in [6.45, 7) is 2.06. The molecule has 148 valence electrons. The van der Waals surface area contributed by atoms with Gasteiger partial charge in [0.2, 0.25) is 0 Å². The third-order valence-electron chi connectivity index (χ3n) is 7.73. The van der Waals surface area contributed by atoms with Gasteiger partial charge in [0.1, 0.15) is 11.6 Å². The number of ketones is 1. The van der Waals surface area contributed by atoms with Crippen molar-refractivity contribution in [2.24, 2.45) is 30.7 Å². The number of aromatic nitrogens is 2. The van der Waals surface area contributed by atoms with Crippen molar-refractivity contribution in [1.82, 2.24) is 14.5 Å². The summed E-state index contributed by atoms with van der Waals surface area (Å²) in [6.07, 6.45) is 10.6. The zero-order chi connectivity index (χ0) is 19.1. The Balaban J connectivity index is 1.39. The summed E-state index contributed by atoms with van der Waals surface area (Å²) in [6, 6.07) is 11.3. The second-order valence-corrected chi connectivity index (χ2v) is 9.18. The minimum absolute atomic E-state index is 0.222. The van der Waals surface area contributed by atoms with Gasteiger partial charge in [-0.3, -0.25) is 9.69 Å². The number of Topliss-reactive ketones (excluding diaryl/α,β-unsaturated/α-hetero) is 1. The number of carbonyl (C=O) groups excluding carboxylic acids is 1. The molecule has 4 heteroatoms. The van der Waals surface area contributed by atoms with E-state index in [0.717, 1.165) is 31.8 Å². The van der Waals surface area contributed by atoms with Crippen LogP contribution in [-0.2, 0) is 24.8 Å². The van der Waals surface area contributed by atoms with Crippen LogP contribution in [0.5, 0.6) is 0 Å². The zero-order valence-electron chi connectivity index (χ0n) is 16.8. The number of benzene rings is 1. The molecular formula is C24H31N3O. The molecule has 1 aliphatic heterocycles. The molecule has 3 aliphatic rings. The molecule has 28 heavy (non-hydrogen) atoms. The summed E-state index contributed by atoms with van der Waals surface area (Å²) >= 11 is 0. The van der Waals surface area contributed by atoms with Crippen LogP contribution in [0.25, 0.3) is 0 Å². The summed E-state index contributed by atoms with van der Waals surface area (Å²) in [5, 5.41) is 0. The zero-order valence-corrected chi connectivity index (χ0v) is 16.8. The van der Waals surface area contributed by atoms with Gasteiger partial charge in [-0.25, -0.2) is 4.98 Å². The van der Waals surface area contributed by atoms with Crippen LogP contribution in [0.2, 0.25) is 0 Å². The van der Waals surface area contributed by atoms with E-state index < -0.39 is 0 Å². The van der Waals surface area contributed by atoms with Gasteiger partial charge in [0.15, 0.2) is 0 Å². The Morgan fingerprint density at radius 1 is 1.14 bits per heavy atom. The Labute approximate surface area is 168 Å². The fourth-order valence-corrected chi connectivity index (χ4v) is 6.43. The van der Waals surface area contributed by atoms with Crippen LogP contribution in [0.4, 0.5) is 0 Å². The molecule has 0 radical (unpaired) electrons. The first-order chi connectivity index (χ1) is 13.7. The van der Waals surface area contributed by atoms with Crippen LogP contribution in [0.15, 0.2) is 42.7 Å². The first-order valence-electron chi connectivity index (χ1n) is 11.0. The summed E-state index contributed by atoms with van der Waals surface area (Å²) in [7, 11) is 2.09. The lowest BCUT2D eigenvalue weighted by Gasteiger charge is -2.55. The van der Waals surface area contributed by atoms with Crippen LogP contribution in [-0.4, -0.2) is 32.8 Å². The smallest absolute Gasteiger partial charge is 0.136 e. The number of rotatable bonds is 4. The van der Waals surface area contributed by atoms with Crippen molar-refractivity contribution in [3.63, 3.8) is 0 Å². The van der Waals surface area contributed by atoms with Crippen LogP contribution in [0.3, 0.4) is 0 Å². The number of hydrogen-bond donors (Lipinski definition) is 0. The molecular weight excluding hydrogens is 346 g/mol. The van der Waals surface area contributed by atoms with Crippen molar-refractivity contribution in [3.8, 4) is 0 Å². The van der Waals surface area contributed by atoms with Crippen molar-refractivity contribution in [3.05, 3.63) is 54.1 Å². The molecule has 3 fully saturated rings. The SMILES string of the molecule is Cn1ccnc1CN1CC[C@@H]2CC(=O)[C@@H](Cc3ccccc3)[C@@H]3CCC[C@H]1[C@@H]23. The third kappa shape index (κ3) is 3.22. The van der Waals surface area contributed by atoms with E-state index in [9.17, 15) is 4.79 Å². The summed E-state index contributed by atoms with van der Waals surface area (Å²) in [5.74, 6) is 3.78. The van der Waals surface area contributed by atoms with Crippen molar-refractivity contribution in [2.45, 2.75) is 51.1 Å². The first-order valence-corrected chi connectivity index (χ1v) is 11.0. The normalized spacial score (nSPS) is 32.9. The number of imidazole rings is 1. The molecule has 2 saturated carbocycles. The highest BCUT2D eigenvalue weighted by Gasteiger charge is 2.51. The summed E-state index contributed by atoms with van der Waals surface area (Å²) in [5.41, 5.74) is 1.32. The Bertz CT molecular complexity index is 829. The minimum atomic E-state index is 0.222. The van der Waals surface area contributed by atoms with Gasteiger partial charge in [-0.1, -0.05) is 36.8 Å². The molecule has 2 aromatic rings. The molecule has 0 spiro atoms. The van der Waals surface area contributed by atoms with Gasteiger partial charge in [-0.15, -0.1) is 0 Å². The average Bonchev–Trinajstić information content (AvgIpc) is 3.12. The fourth-order valence-electron chi connectivity index (χ4n) is 6.43. The number of carbonyl (C=O) groups is 1. The largest absolute Gasteiger partial charge is 0.337 e. The van der Waals surface area contributed by atoms with Gasteiger partial charge >= 0.3 is 0 Å². The molecule has 0 N–H and O–H groups in total. The van der Waals surface area contributed by atoms with Gasteiger partial charge in [-0.05, 0) is 55.5 Å². The molecule has 1 aromatic heterocycles. The van der Waals surface area contributed by atoms with Crippen molar-refractivity contribution >= 4 is 5.78 Å². The topological polar surface area (TPSA) is 38.1 Å². The average molecular weight is 378 g/mol. The predicted molar refractivity (Wildman–Crippen MR) is 110 cm³/mol. The molecule has 2 heterocycles. The number of likely N-dealkylation sites (tertiary alicyclic amines) is 1. The highest BCUT2D eigenvalue weighted by molar-refractivity contribution is 5.83. The third-order valence-corrected chi connectivity index (χ3v) is 7.73. The molecule has 0 amide bonds. The van der Waals surface area contributed by atoms with Gasteiger partial charge in [0.05, 0.1) is 6.54 Å². The number of aryl methyl sites for hydroxylation is 1. The lowest BCUT2D eigenvalue weighted by molar-refractivity contribution is -0.139. The van der Waals surface area contributed by atoms with E-state index >= 15 is 0 Å². The van der Waals surface area contributed by atoms with Crippen LogP contribution >= 0.6 is 0 Å². The summed E-state index contributed by atoms with van der Waals surface area (Å²) in [4.78, 5) is 20.4. The van der Waals surface area contributed by atoms with Crippen LogP contribution < -0.4 is 0 Å². The Hall–Kier alpha value is -1.94. The molecule has 4 nitrogen and oxygen atoms in total. The first kappa shape index (κ1) is 18.1. The molecule has 1 saturated heterocycles. The molecule has 1 aromatic carbocycles. The van der Waals surface area contributed by atoms with Gasteiger partial charge in [-0.2, -0.15) is 0 Å². The maximum absolute atomic E-state index is 13.1. The standard InChI is InChI=1S/C24H31N3O/c1-26-13-11-25-23(26)16-27-12-10-18-15-22(28)20(14-17-6-3-2-4-7-17)19-8-5-9-21(27)24(18)19/h2-4,6-7,11,13,18-21,24H,5,8-10,12,14-16H2,1H3/t18-,19+,20+,21+,24+/m1/s1. The Kier molecular flexibility index (Phi) is 4.83. The predicted octanol–water partition coefficient (Wildman–Crippen LogP) is 3.86. The van der Waals surface area contributed by atoms with E-state index in [2.05, 4.69) is 51.8 Å². The molecule has 0 unspecified atom stereocenters. The quantitative estimate of drug-likeness (QED) is 0.812. The Morgan fingerprint density at radius 2 is 2.00 bits per heavy atom. The number of piperidine rings is 1. The Morgan fingerprint density at radius 3 is 2.79 bits per heavy atom. The van der Waals surface area contributed by atoms with Crippen LogP contribution in [0, 0.1) is 23.7 Å². The molecule has 5 atom stereocenters. The number of hydrogen-bond acceptors (Lipinski definition) is 3. The monoisotopic (exact) mass is 377 g/mol. The van der Waals surface area contributed by atoms with Crippen molar-refractivity contribution < 1.29 is 4.79 Å². The lowest BCUT2D eigenvalue weighted by atomic mass is 9.56. The van der Waals surface area contributed by atoms with Gasteiger partial charge in [0, 0.05) is 37.8 Å². The van der Waals surface area contributed by atoms with Gasteiger partial charge in [0.25, 0.3) is 0 Å². The minimum Gasteiger partial charge on any atom is -0.337 e. The fraction of sp³-hybridized carbons (Fsp3) is 0.583. The maximum atomic E-state index is 13.1.